The van der Waals surface area contributed by atoms with Crippen LogP contribution < -0.4 is 10.1 Å². The van der Waals surface area contributed by atoms with Gasteiger partial charge in [-0.05, 0) is 51.0 Å². The second-order valence-corrected chi connectivity index (χ2v) is 10.6. The van der Waals surface area contributed by atoms with Crippen LogP contribution in [0.4, 0.5) is 5.69 Å². The number of ether oxygens (including phenoxy) is 1. The molecule has 6 nitrogen and oxygen atoms in total. The number of anilines is 1. The number of rotatable bonds is 7. The highest BCUT2D eigenvalue weighted by Gasteiger charge is 2.33. The molecule has 9 heteroatoms. The van der Waals surface area contributed by atoms with E-state index in [1.54, 1.807) is 36.4 Å². The lowest BCUT2D eigenvalue weighted by Gasteiger charge is -2.31. The lowest BCUT2D eigenvalue weighted by Crippen LogP contribution is -2.44. The third kappa shape index (κ3) is 6.35. The Kier molecular flexibility index (Phi) is 7.86. The zero-order chi connectivity index (χ0) is 22.6. The van der Waals surface area contributed by atoms with Crippen molar-refractivity contribution < 1.29 is 17.9 Å². The van der Waals surface area contributed by atoms with Gasteiger partial charge in [0.2, 0.25) is 15.9 Å². The van der Waals surface area contributed by atoms with Crippen molar-refractivity contribution in [1.29, 1.82) is 0 Å². The van der Waals surface area contributed by atoms with Crippen LogP contribution in [0.1, 0.15) is 32.3 Å². The Labute approximate surface area is 193 Å². The van der Waals surface area contributed by atoms with Crippen LogP contribution in [0.5, 0.6) is 5.75 Å². The van der Waals surface area contributed by atoms with E-state index in [0.717, 1.165) is 0 Å². The van der Waals surface area contributed by atoms with Gasteiger partial charge in [-0.2, -0.15) is 0 Å². The Morgan fingerprint density at radius 2 is 1.87 bits per heavy atom. The van der Waals surface area contributed by atoms with E-state index in [1.807, 2.05) is 19.9 Å². The number of hydrogen-bond donors (Lipinski definition) is 1. The molecule has 1 saturated heterocycles. The van der Waals surface area contributed by atoms with Crippen LogP contribution in [-0.4, -0.2) is 37.8 Å². The molecule has 0 bridgehead atoms. The summed E-state index contributed by atoms with van der Waals surface area (Å²) in [5.41, 5.74) is 0.991. The number of carbonyl (C=O) groups excluding carboxylic acids is 1. The van der Waals surface area contributed by atoms with Crippen molar-refractivity contribution in [2.24, 2.45) is 5.92 Å². The molecule has 0 radical (unpaired) electrons. The molecule has 1 aliphatic rings. The average molecular weight is 485 g/mol. The summed E-state index contributed by atoms with van der Waals surface area (Å²) in [5.74, 6) is -0.288. The Morgan fingerprint density at radius 1 is 1.19 bits per heavy atom. The normalized spacial score (nSPS) is 17.5. The van der Waals surface area contributed by atoms with Gasteiger partial charge in [0.05, 0.1) is 17.8 Å². The predicted molar refractivity (Wildman–Crippen MR) is 124 cm³/mol. The largest absolute Gasteiger partial charge is 0.491 e. The fourth-order valence-corrected chi connectivity index (χ4v) is 5.88. The topological polar surface area (TPSA) is 75.7 Å². The molecular weight excluding hydrogens is 459 g/mol. The minimum Gasteiger partial charge on any atom is -0.491 e. The van der Waals surface area contributed by atoms with Gasteiger partial charge in [-0.15, -0.1) is 0 Å². The van der Waals surface area contributed by atoms with Crippen LogP contribution in [0.25, 0.3) is 0 Å². The van der Waals surface area contributed by atoms with Crippen LogP contribution in [0.2, 0.25) is 10.0 Å². The number of amides is 1. The summed E-state index contributed by atoms with van der Waals surface area (Å²) in [6.45, 7) is 4.35. The first-order chi connectivity index (χ1) is 14.7. The van der Waals surface area contributed by atoms with Gasteiger partial charge in [-0.25, -0.2) is 12.7 Å². The maximum atomic E-state index is 13.0. The highest BCUT2D eigenvalue weighted by molar-refractivity contribution is 7.88. The summed E-state index contributed by atoms with van der Waals surface area (Å²) >= 11 is 12.3. The number of piperidine rings is 1. The molecule has 0 aromatic heterocycles. The molecule has 1 heterocycles. The highest BCUT2D eigenvalue weighted by Crippen LogP contribution is 2.29. The Hall–Kier alpha value is -1.80. The zero-order valence-corrected chi connectivity index (χ0v) is 19.8. The van der Waals surface area contributed by atoms with E-state index in [9.17, 15) is 13.2 Å². The quantitative estimate of drug-likeness (QED) is 0.602. The Bertz CT molecular complexity index is 1020. The van der Waals surface area contributed by atoms with Crippen LogP contribution in [0.15, 0.2) is 42.5 Å². The standard InChI is InChI=1S/C22H26Cl2N2O4S/c1-15(2)30-18-8-3-7-17(12-18)25-22(27)16-6-5-11-26(13-16)31(28,29)14-19-20(23)9-4-10-21(19)24/h3-4,7-10,12,15-16H,5-6,11,13-14H2,1-2H3,(H,25,27)/t16-/m0/s1. The third-order valence-electron chi connectivity index (χ3n) is 5.01. The minimum atomic E-state index is -3.68. The Morgan fingerprint density at radius 3 is 2.55 bits per heavy atom. The molecule has 2 aromatic rings. The monoisotopic (exact) mass is 484 g/mol. The van der Waals surface area contributed by atoms with E-state index in [2.05, 4.69) is 5.32 Å². The number of hydrogen-bond acceptors (Lipinski definition) is 4. The van der Waals surface area contributed by atoms with E-state index in [-0.39, 0.29) is 24.3 Å². The first kappa shape index (κ1) is 23.9. The number of nitrogens with zero attached hydrogens (tertiary/aromatic N) is 1. The van der Waals surface area contributed by atoms with Crippen molar-refractivity contribution in [3.8, 4) is 5.75 Å². The molecule has 1 amide bonds. The van der Waals surface area contributed by atoms with Gasteiger partial charge < -0.3 is 10.1 Å². The van der Waals surface area contributed by atoms with Crippen LogP contribution in [-0.2, 0) is 20.6 Å². The Balaban J connectivity index is 1.67. The second kappa shape index (κ2) is 10.2. The summed E-state index contributed by atoms with van der Waals surface area (Å²) in [6.07, 6.45) is 1.24. The number of benzene rings is 2. The maximum Gasteiger partial charge on any atom is 0.228 e. The molecule has 1 N–H and O–H groups in total. The molecule has 31 heavy (non-hydrogen) atoms. The van der Waals surface area contributed by atoms with E-state index in [1.165, 1.54) is 4.31 Å². The van der Waals surface area contributed by atoms with Crippen molar-refractivity contribution in [3.05, 3.63) is 58.1 Å². The number of carbonyl (C=O) groups is 1. The molecule has 0 saturated carbocycles. The van der Waals surface area contributed by atoms with Gasteiger partial charge >= 0.3 is 0 Å². The number of nitrogens with one attached hydrogen (secondary N) is 1. The number of halogens is 2. The zero-order valence-electron chi connectivity index (χ0n) is 17.5. The van der Waals surface area contributed by atoms with Crippen molar-refractivity contribution in [1.82, 2.24) is 4.31 Å². The third-order valence-corrected chi connectivity index (χ3v) is 7.49. The molecular formula is C22H26Cl2N2O4S. The molecule has 1 aliphatic heterocycles. The molecule has 0 spiro atoms. The van der Waals surface area contributed by atoms with Gasteiger partial charge in [-0.1, -0.05) is 35.3 Å². The SMILES string of the molecule is CC(C)Oc1cccc(NC(=O)[C@H]2CCCN(S(=O)(=O)Cc3c(Cl)cccc3Cl)C2)c1. The molecule has 1 fully saturated rings. The smallest absolute Gasteiger partial charge is 0.228 e. The fraction of sp³-hybridized carbons (Fsp3) is 0.409. The summed E-state index contributed by atoms with van der Waals surface area (Å²) in [4.78, 5) is 12.8. The van der Waals surface area contributed by atoms with Crippen molar-refractivity contribution in [3.63, 3.8) is 0 Å². The van der Waals surface area contributed by atoms with Crippen molar-refractivity contribution in [2.45, 2.75) is 38.5 Å². The molecule has 3 rings (SSSR count). The molecule has 2 aromatic carbocycles. The fourth-order valence-electron chi connectivity index (χ4n) is 3.52. The van der Waals surface area contributed by atoms with Crippen molar-refractivity contribution >= 4 is 44.8 Å². The van der Waals surface area contributed by atoms with Crippen LogP contribution in [0.3, 0.4) is 0 Å². The molecule has 0 unspecified atom stereocenters. The summed E-state index contributed by atoms with van der Waals surface area (Å²) in [5, 5.41) is 3.50. The van der Waals surface area contributed by atoms with E-state index >= 15 is 0 Å². The summed E-state index contributed by atoms with van der Waals surface area (Å²) in [7, 11) is -3.68. The first-order valence-electron chi connectivity index (χ1n) is 10.1. The van der Waals surface area contributed by atoms with Crippen LogP contribution >= 0.6 is 23.2 Å². The number of sulfonamides is 1. The van der Waals surface area contributed by atoms with Gasteiger partial charge in [0.1, 0.15) is 5.75 Å². The molecule has 168 valence electrons. The van der Waals surface area contributed by atoms with E-state index < -0.39 is 15.9 Å². The maximum absolute atomic E-state index is 13.0. The van der Waals surface area contributed by atoms with Gasteiger partial charge in [0, 0.05) is 40.5 Å². The first-order valence-corrected chi connectivity index (χ1v) is 12.5. The van der Waals surface area contributed by atoms with E-state index in [0.29, 0.717) is 46.4 Å². The minimum absolute atomic E-state index is 0.0229. The average Bonchev–Trinajstić information content (AvgIpc) is 2.71. The van der Waals surface area contributed by atoms with Crippen molar-refractivity contribution in [2.75, 3.05) is 18.4 Å². The van der Waals surface area contributed by atoms with Gasteiger partial charge in [0.15, 0.2) is 0 Å². The summed E-state index contributed by atoms with van der Waals surface area (Å²) in [6, 6.07) is 12.1. The van der Waals surface area contributed by atoms with E-state index in [4.69, 9.17) is 27.9 Å². The lowest BCUT2D eigenvalue weighted by molar-refractivity contribution is -0.120. The summed E-state index contributed by atoms with van der Waals surface area (Å²) < 4.78 is 33.0. The molecule has 1 atom stereocenters. The second-order valence-electron chi connectivity index (χ2n) is 7.84. The lowest BCUT2D eigenvalue weighted by atomic mass is 9.98. The predicted octanol–water partition coefficient (Wildman–Crippen LogP) is 4.96. The highest BCUT2D eigenvalue weighted by atomic mass is 35.5. The van der Waals surface area contributed by atoms with Gasteiger partial charge in [0.25, 0.3) is 0 Å². The molecule has 0 aliphatic carbocycles. The van der Waals surface area contributed by atoms with Crippen LogP contribution in [0, 0.1) is 5.92 Å². The van der Waals surface area contributed by atoms with Gasteiger partial charge in [-0.3, -0.25) is 4.79 Å².